The van der Waals surface area contributed by atoms with Crippen LogP contribution in [-0.2, 0) is 0 Å². The first-order valence-electron chi connectivity index (χ1n) is 6.23. The Morgan fingerprint density at radius 1 is 1.28 bits per heavy atom. The molecule has 0 unspecified atom stereocenters. The summed E-state index contributed by atoms with van der Waals surface area (Å²) in [4.78, 5) is 14.7. The monoisotopic (exact) mass is 252 g/mol. The second-order valence-corrected chi connectivity index (χ2v) is 4.57. The van der Waals surface area contributed by atoms with Gasteiger partial charge in [0.2, 0.25) is 0 Å². The van der Waals surface area contributed by atoms with E-state index in [0.717, 1.165) is 26.1 Å². The van der Waals surface area contributed by atoms with Crippen LogP contribution < -0.4 is 4.90 Å². The average Bonchev–Trinajstić information content (AvgIpc) is 2.35. The summed E-state index contributed by atoms with van der Waals surface area (Å²) < 4.78 is 13.8. The Balaban J connectivity index is 2.72. The molecular formula is C14H21FN2O. The van der Waals surface area contributed by atoms with E-state index in [0.29, 0.717) is 17.5 Å². The van der Waals surface area contributed by atoms with Gasteiger partial charge in [0, 0.05) is 18.7 Å². The van der Waals surface area contributed by atoms with Crippen molar-refractivity contribution in [3.05, 3.63) is 29.6 Å². The zero-order valence-corrected chi connectivity index (χ0v) is 11.3. The van der Waals surface area contributed by atoms with Gasteiger partial charge in [-0.1, -0.05) is 0 Å². The van der Waals surface area contributed by atoms with Crippen molar-refractivity contribution in [2.24, 2.45) is 0 Å². The Bertz CT molecular complexity index is 393. The van der Waals surface area contributed by atoms with Crippen LogP contribution in [0.25, 0.3) is 0 Å². The lowest BCUT2D eigenvalue weighted by atomic mass is 10.2. The van der Waals surface area contributed by atoms with Gasteiger partial charge in [-0.3, -0.25) is 4.79 Å². The van der Waals surface area contributed by atoms with E-state index >= 15 is 0 Å². The van der Waals surface area contributed by atoms with Gasteiger partial charge in [0.15, 0.2) is 0 Å². The molecule has 0 aliphatic carbocycles. The van der Waals surface area contributed by atoms with Crippen LogP contribution in [-0.4, -0.2) is 44.9 Å². The van der Waals surface area contributed by atoms with Crippen LogP contribution in [0.5, 0.6) is 0 Å². The second-order valence-electron chi connectivity index (χ2n) is 4.57. The quantitative estimate of drug-likeness (QED) is 0.696. The molecule has 0 atom stereocenters. The number of hydrogen-bond donors (Lipinski definition) is 0. The van der Waals surface area contributed by atoms with Gasteiger partial charge in [0.1, 0.15) is 12.1 Å². The minimum absolute atomic E-state index is 0.327. The fourth-order valence-electron chi connectivity index (χ4n) is 1.88. The van der Waals surface area contributed by atoms with Crippen LogP contribution in [0.15, 0.2) is 18.2 Å². The third kappa shape index (κ3) is 4.11. The Morgan fingerprint density at radius 2 is 2.00 bits per heavy atom. The van der Waals surface area contributed by atoms with Gasteiger partial charge in [-0.05, 0) is 52.2 Å². The number of carbonyl (C=O) groups is 1. The van der Waals surface area contributed by atoms with Crippen LogP contribution in [0.4, 0.5) is 10.1 Å². The van der Waals surface area contributed by atoms with Gasteiger partial charge in [0.25, 0.3) is 0 Å². The van der Waals surface area contributed by atoms with Crippen LogP contribution in [0.1, 0.15) is 23.7 Å². The molecule has 4 heteroatoms. The molecule has 0 N–H and O–H groups in total. The molecular weight excluding hydrogens is 231 g/mol. The molecule has 0 radical (unpaired) electrons. The van der Waals surface area contributed by atoms with Crippen LogP contribution >= 0.6 is 0 Å². The summed E-state index contributed by atoms with van der Waals surface area (Å²) in [5.41, 5.74) is 0.947. The Kier molecular flexibility index (Phi) is 5.78. The van der Waals surface area contributed by atoms with Gasteiger partial charge in [0.05, 0.1) is 5.69 Å². The highest BCUT2D eigenvalue weighted by molar-refractivity contribution is 5.75. The van der Waals surface area contributed by atoms with Gasteiger partial charge >= 0.3 is 0 Å². The number of rotatable bonds is 7. The fourth-order valence-corrected chi connectivity index (χ4v) is 1.88. The molecule has 0 heterocycles. The maximum Gasteiger partial charge on any atom is 0.150 e. The minimum Gasteiger partial charge on any atom is -0.369 e. The lowest BCUT2D eigenvalue weighted by Crippen LogP contribution is -2.27. The molecule has 0 saturated heterocycles. The van der Waals surface area contributed by atoms with Crippen molar-refractivity contribution in [1.82, 2.24) is 4.90 Å². The second kappa shape index (κ2) is 7.11. The van der Waals surface area contributed by atoms with E-state index < -0.39 is 0 Å². The standard InChI is InChI=1S/C14H21FN2O/c1-4-17(9-5-8-16(2)3)14-7-6-12(11-18)10-13(14)15/h6-7,10-11H,4-5,8-9H2,1-3H3. The van der Waals surface area contributed by atoms with Crippen molar-refractivity contribution in [1.29, 1.82) is 0 Å². The molecule has 18 heavy (non-hydrogen) atoms. The highest BCUT2D eigenvalue weighted by Gasteiger charge is 2.10. The molecule has 0 bridgehead atoms. The summed E-state index contributed by atoms with van der Waals surface area (Å²) in [6.45, 7) is 4.55. The lowest BCUT2D eigenvalue weighted by Gasteiger charge is -2.24. The molecule has 0 saturated carbocycles. The molecule has 3 nitrogen and oxygen atoms in total. The summed E-state index contributed by atoms with van der Waals surface area (Å²) in [5.74, 6) is -0.327. The molecule has 1 rings (SSSR count). The summed E-state index contributed by atoms with van der Waals surface area (Å²) in [7, 11) is 4.05. The van der Waals surface area contributed by atoms with Gasteiger partial charge < -0.3 is 9.80 Å². The van der Waals surface area contributed by atoms with E-state index in [-0.39, 0.29) is 5.82 Å². The summed E-state index contributed by atoms with van der Waals surface area (Å²) >= 11 is 0. The molecule has 1 aromatic carbocycles. The van der Waals surface area contributed by atoms with Crippen molar-refractivity contribution in [2.45, 2.75) is 13.3 Å². The topological polar surface area (TPSA) is 23.6 Å². The first-order chi connectivity index (χ1) is 8.58. The Hall–Kier alpha value is -1.42. The zero-order valence-electron chi connectivity index (χ0n) is 11.3. The zero-order chi connectivity index (χ0) is 13.5. The molecule has 0 aromatic heterocycles. The summed E-state index contributed by atoms with van der Waals surface area (Å²) in [6.07, 6.45) is 1.64. The number of carbonyl (C=O) groups excluding carboxylic acids is 1. The smallest absolute Gasteiger partial charge is 0.150 e. The molecule has 0 fully saturated rings. The normalized spacial score (nSPS) is 10.7. The van der Waals surface area contributed by atoms with Crippen LogP contribution in [0.2, 0.25) is 0 Å². The van der Waals surface area contributed by atoms with Crippen molar-refractivity contribution < 1.29 is 9.18 Å². The summed E-state index contributed by atoms with van der Waals surface area (Å²) in [5, 5.41) is 0. The third-order valence-electron chi connectivity index (χ3n) is 2.86. The SMILES string of the molecule is CCN(CCCN(C)C)c1ccc(C=O)cc1F. The predicted octanol–water partition coefficient (Wildman–Crippen LogP) is 2.42. The van der Waals surface area contributed by atoms with Gasteiger partial charge in [-0.25, -0.2) is 4.39 Å². The van der Waals surface area contributed by atoms with E-state index in [1.807, 2.05) is 25.9 Å². The van der Waals surface area contributed by atoms with Crippen LogP contribution in [0.3, 0.4) is 0 Å². The summed E-state index contributed by atoms with van der Waals surface area (Å²) in [6, 6.07) is 4.62. The Labute approximate surface area is 108 Å². The number of halogens is 1. The number of aldehydes is 1. The largest absolute Gasteiger partial charge is 0.369 e. The van der Waals surface area contributed by atoms with Gasteiger partial charge in [-0.15, -0.1) is 0 Å². The number of nitrogens with zero attached hydrogens (tertiary/aromatic N) is 2. The molecule has 1 aromatic rings. The molecule has 0 amide bonds. The number of anilines is 1. The highest BCUT2D eigenvalue weighted by atomic mass is 19.1. The first-order valence-corrected chi connectivity index (χ1v) is 6.23. The Morgan fingerprint density at radius 3 is 2.50 bits per heavy atom. The minimum atomic E-state index is -0.327. The average molecular weight is 252 g/mol. The van der Waals surface area contributed by atoms with E-state index in [4.69, 9.17) is 0 Å². The molecule has 0 spiro atoms. The van der Waals surface area contributed by atoms with Crippen molar-refractivity contribution in [3.8, 4) is 0 Å². The molecule has 0 aliphatic rings. The van der Waals surface area contributed by atoms with Gasteiger partial charge in [-0.2, -0.15) is 0 Å². The lowest BCUT2D eigenvalue weighted by molar-refractivity contribution is 0.112. The third-order valence-corrected chi connectivity index (χ3v) is 2.86. The number of benzene rings is 1. The first kappa shape index (κ1) is 14.6. The van der Waals surface area contributed by atoms with Crippen molar-refractivity contribution in [2.75, 3.05) is 38.6 Å². The van der Waals surface area contributed by atoms with E-state index in [1.54, 1.807) is 12.1 Å². The maximum atomic E-state index is 13.8. The van der Waals surface area contributed by atoms with E-state index in [2.05, 4.69) is 4.90 Å². The highest BCUT2D eigenvalue weighted by Crippen LogP contribution is 2.20. The van der Waals surface area contributed by atoms with Crippen LogP contribution in [0, 0.1) is 5.82 Å². The number of hydrogen-bond acceptors (Lipinski definition) is 3. The molecule has 100 valence electrons. The predicted molar refractivity (Wildman–Crippen MR) is 72.8 cm³/mol. The van der Waals surface area contributed by atoms with E-state index in [9.17, 15) is 9.18 Å². The molecule has 0 aliphatic heterocycles. The van der Waals surface area contributed by atoms with Crippen molar-refractivity contribution >= 4 is 12.0 Å². The maximum absolute atomic E-state index is 13.8. The van der Waals surface area contributed by atoms with E-state index in [1.165, 1.54) is 6.07 Å². The fraction of sp³-hybridized carbons (Fsp3) is 0.500. The van der Waals surface area contributed by atoms with Crippen molar-refractivity contribution in [3.63, 3.8) is 0 Å².